The molecule has 1 atom stereocenters. The highest BCUT2D eigenvalue weighted by Gasteiger charge is 2.48. The summed E-state index contributed by atoms with van der Waals surface area (Å²) in [7, 11) is 1.53. The average Bonchev–Trinajstić information content (AvgIpc) is 3.36. The molecule has 36 heavy (non-hydrogen) atoms. The average molecular weight is 488 g/mol. The van der Waals surface area contributed by atoms with Crippen molar-refractivity contribution in [3.63, 3.8) is 0 Å². The predicted octanol–water partition coefficient (Wildman–Crippen LogP) is 0.938. The number of fused-ring (bicyclic) bond motifs is 1. The zero-order chi connectivity index (χ0) is 25.3. The van der Waals surface area contributed by atoms with Gasteiger partial charge < -0.3 is 24.6 Å². The molecule has 10 nitrogen and oxygen atoms in total. The Morgan fingerprint density at radius 2 is 1.97 bits per heavy atom. The lowest BCUT2D eigenvalue weighted by molar-refractivity contribution is -0.122. The molecule has 3 aliphatic rings. The lowest BCUT2D eigenvalue weighted by Crippen LogP contribution is -2.54. The fourth-order valence-corrected chi connectivity index (χ4v) is 4.50. The summed E-state index contributed by atoms with van der Waals surface area (Å²) in [5, 5.41) is 13.4. The van der Waals surface area contributed by atoms with Crippen LogP contribution in [0, 0.1) is 17.3 Å². The number of amides is 4. The lowest BCUT2D eigenvalue weighted by atomic mass is 9.98. The minimum absolute atomic E-state index is 0.114. The van der Waals surface area contributed by atoms with E-state index < -0.39 is 17.5 Å². The van der Waals surface area contributed by atoms with Crippen molar-refractivity contribution < 1.29 is 23.9 Å². The topological polar surface area (TPSA) is 124 Å². The molecule has 0 aromatic heterocycles. The summed E-state index contributed by atoms with van der Waals surface area (Å²) >= 11 is 0. The van der Waals surface area contributed by atoms with Crippen molar-refractivity contribution in [2.75, 3.05) is 40.0 Å². The van der Waals surface area contributed by atoms with E-state index in [0.29, 0.717) is 54.6 Å². The van der Waals surface area contributed by atoms with Gasteiger partial charge in [0.25, 0.3) is 11.8 Å². The molecule has 0 bridgehead atoms. The second kappa shape index (κ2) is 9.36. The molecule has 5 rings (SSSR count). The van der Waals surface area contributed by atoms with Crippen LogP contribution in [0.3, 0.4) is 0 Å². The Hall–Kier alpha value is -4.36. The van der Waals surface area contributed by atoms with Crippen LogP contribution in [-0.2, 0) is 16.1 Å². The van der Waals surface area contributed by atoms with Gasteiger partial charge in [0.15, 0.2) is 0 Å². The van der Waals surface area contributed by atoms with Gasteiger partial charge in [-0.3, -0.25) is 20.3 Å². The predicted molar refractivity (Wildman–Crippen MR) is 130 cm³/mol. The van der Waals surface area contributed by atoms with Crippen LogP contribution in [0.1, 0.15) is 27.0 Å². The fourth-order valence-electron chi connectivity index (χ4n) is 4.50. The van der Waals surface area contributed by atoms with Crippen LogP contribution in [0.25, 0.3) is 0 Å². The third kappa shape index (κ3) is 4.36. The minimum atomic E-state index is -1.60. The van der Waals surface area contributed by atoms with Gasteiger partial charge in [0.2, 0.25) is 5.54 Å². The monoisotopic (exact) mass is 487 g/mol. The molecule has 0 radical (unpaired) electrons. The number of nitrogens with zero attached hydrogens (tertiary/aromatic N) is 2. The summed E-state index contributed by atoms with van der Waals surface area (Å²) in [6.07, 6.45) is 0. The van der Waals surface area contributed by atoms with E-state index in [4.69, 9.17) is 14.9 Å². The Morgan fingerprint density at radius 1 is 1.17 bits per heavy atom. The number of urea groups is 1. The van der Waals surface area contributed by atoms with Gasteiger partial charge >= 0.3 is 6.03 Å². The Bertz CT molecular complexity index is 1320. The number of ether oxygens (including phenoxy) is 2. The highest BCUT2D eigenvalue weighted by molar-refractivity contribution is 6.10. The zero-order valence-corrected chi connectivity index (χ0v) is 19.7. The molecule has 2 saturated heterocycles. The van der Waals surface area contributed by atoms with E-state index >= 15 is 0 Å². The van der Waals surface area contributed by atoms with Gasteiger partial charge in [0.05, 0.1) is 26.9 Å². The molecule has 0 unspecified atom stereocenters. The van der Waals surface area contributed by atoms with Crippen LogP contribution in [0.5, 0.6) is 5.75 Å². The fraction of sp³-hybridized carbons (Fsp3) is 0.308. The van der Waals surface area contributed by atoms with Crippen LogP contribution in [0.2, 0.25) is 0 Å². The summed E-state index contributed by atoms with van der Waals surface area (Å²) in [6, 6.07) is 11.8. The highest BCUT2D eigenvalue weighted by atomic mass is 16.5. The number of nitrogens with one attached hydrogen (secondary N) is 3. The van der Waals surface area contributed by atoms with Crippen molar-refractivity contribution in [2.24, 2.45) is 0 Å². The highest BCUT2D eigenvalue weighted by Crippen LogP contribution is 2.28. The number of morpholine rings is 1. The summed E-state index contributed by atoms with van der Waals surface area (Å²) < 4.78 is 10.6. The Labute approximate surface area is 208 Å². The van der Waals surface area contributed by atoms with Crippen molar-refractivity contribution in [3.8, 4) is 17.6 Å². The SMILES string of the molecule is COc1ccc2c(c1)C(=O)N(C[C@@]1(C#Cc3cccc(C(=N)N4CCOCC4)c3)NC(=O)NC1=O)C2. The first kappa shape index (κ1) is 23.4. The Kier molecular flexibility index (Phi) is 6.08. The van der Waals surface area contributed by atoms with Crippen LogP contribution in [-0.4, -0.2) is 79.0 Å². The number of methoxy groups -OCH3 is 1. The number of imide groups is 1. The summed E-state index contributed by atoms with van der Waals surface area (Å²) in [5.41, 5.74) is 0.975. The second-order valence-corrected chi connectivity index (χ2v) is 8.78. The van der Waals surface area contributed by atoms with Gasteiger partial charge in [-0.25, -0.2) is 4.79 Å². The molecule has 3 aliphatic heterocycles. The first-order chi connectivity index (χ1) is 17.4. The van der Waals surface area contributed by atoms with E-state index in [1.165, 1.54) is 12.0 Å². The molecule has 2 fully saturated rings. The Morgan fingerprint density at radius 3 is 2.69 bits per heavy atom. The normalized spacial score (nSPS) is 20.9. The summed E-state index contributed by atoms with van der Waals surface area (Å²) in [6.45, 7) is 2.61. The minimum Gasteiger partial charge on any atom is -0.497 e. The smallest absolute Gasteiger partial charge is 0.323 e. The maximum atomic E-state index is 13.1. The summed E-state index contributed by atoms with van der Waals surface area (Å²) in [5.74, 6) is 5.96. The van der Waals surface area contributed by atoms with E-state index in [1.807, 2.05) is 17.0 Å². The van der Waals surface area contributed by atoms with Crippen molar-refractivity contribution in [1.82, 2.24) is 20.4 Å². The first-order valence-corrected chi connectivity index (χ1v) is 11.5. The van der Waals surface area contributed by atoms with Gasteiger partial charge in [-0.15, -0.1) is 0 Å². The maximum Gasteiger partial charge on any atom is 0.323 e. The number of carbonyl (C=O) groups excluding carboxylic acids is 3. The van der Waals surface area contributed by atoms with E-state index in [2.05, 4.69) is 22.5 Å². The van der Waals surface area contributed by atoms with E-state index in [0.717, 1.165) is 5.56 Å². The Balaban J connectivity index is 1.40. The van der Waals surface area contributed by atoms with E-state index in [-0.39, 0.29) is 19.0 Å². The first-order valence-electron chi connectivity index (χ1n) is 11.5. The molecule has 0 aliphatic carbocycles. The molecular weight excluding hydrogens is 462 g/mol. The summed E-state index contributed by atoms with van der Waals surface area (Å²) in [4.78, 5) is 41.5. The van der Waals surface area contributed by atoms with Gasteiger partial charge in [-0.1, -0.05) is 30.0 Å². The lowest BCUT2D eigenvalue weighted by Gasteiger charge is -2.29. The number of hydrogen-bond acceptors (Lipinski definition) is 6. The van der Waals surface area contributed by atoms with Crippen molar-refractivity contribution in [1.29, 1.82) is 5.41 Å². The number of amidine groups is 1. The number of rotatable bonds is 4. The number of hydrogen-bond donors (Lipinski definition) is 3. The molecule has 10 heteroatoms. The third-order valence-electron chi connectivity index (χ3n) is 6.45. The van der Waals surface area contributed by atoms with Crippen molar-refractivity contribution >= 4 is 23.7 Å². The largest absolute Gasteiger partial charge is 0.497 e. The van der Waals surface area contributed by atoms with Crippen LogP contribution >= 0.6 is 0 Å². The molecule has 4 amide bonds. The molecule has 184 valence electrons. The molecule has 3 heterocycles. The maximum absolute atomic E-state index is 13.1. The van der Waals surface area contributed by atoms with Crippen LogP contribution in [0.4, 0.5) is 4.79 Å². The molecule has 2 aromatic rings. The molecule has 3 N–H and O–H groups in total. The van der Waals surface area contributed by atoms with Crippen LogP contribution in [0.15, 0.2) is 42.5 Å². The van der Waals surface area contributed by atoms with Gasteiger partial charge in [0.1, 0.15) is 11.6 Å². The van der Waals surface area contributed by atoms with E-state index in [1.54, 1.807) is 30.3 Å². The number of benzene rings is 2. The van der Waals surface area contributed by atoms with Crippen LogP contribution < -0.4 is 15.4 Å². The van der Waals surface area contributed by atoms with Gasteiger partial charge in [0, 0.05) is 36.3 Å². The van der Waals surface area contributed by atoms with Crippen molar-refractivity contribution in [3.05, 3.63) is 64.7 Å². The van der Waals surface area contributed by atoms with Gasteiger partial charge in [-0.2, -0.15) is 0 Å². The standard InChI is InChI=1S/C26H25N5O5/c1-35-20-6-5-19-15-31(23(32)21(19)14-20)16-26(24(33)28-25(34)29-26)8-7-17-3-2-4-18(13-17)22(27)30-9-11-36-12-10-30/h2-6,13-14,27H,9-12,15-16H2,1H3,(H2,28,29,33,34)/t26-/m1/s1. The quantitative estimate of drug-likeness (QED) is 0.255. The van der Waals surface area contributed by atoms with Crippen molar-refractivity contribution in [2.45, 2.75) is 12.1 Å². The molecule has 0 spiro atoms. The van der Waals surface area contributed by atoms with E-state index in [9.17, 15) is 14.4 Å². The number of carbonyl (C=O) groups is 3. The third-order valence-corrected chi connectivity index (χ3v) is 6.45. The molecule has 2 aromatic carbocycles. The molecular formula is C26H25N5O5. The zero-order valence-electron chi connectivity index (χ0n) is 19.7. The second-order valence-electron chi connectivity index (χ2n) is 8.78. The van der Waals surface area contributed by atoms with Gasteiger partial charge in [-0.05, 0) is 29.8 Å². The molecule has 0 saturated carbocycles.